The van der Waals surface area contributed by atoms with E-state index in [1.54, 1.807) is 0 Å². The van der Waals surface area contributed by atoms with Crippen molar-refractivity contribution >= 4 is 23.2 Å². The first-order valence-electron chi connectivity index (χ1n) is 22.2. The Morgan fingerprint density at radius 2 is 0.921 bits per heavy atom. The van der Waals surface area contributed by atoms with Gasteiger partial charge in [-0.2, -0.15) is 0 Å². The van der Waals surface area contributed by atoms with Crippen LogP contribution in [0.4, 0.5) is 0 Å². The quantitative estimate of drug-likeness (QED) is 0.136. The number of nitrogens with zero attached hydrogens (tertiary/aromatic N) is 3. The van der Waals surface area contributed by atoms with E-state index in [2.05, 4.69) is 176 Å². The Morgan fingerprint density at radius 3 is 1.49 bits per heavy atom. The van der Waals surface area contributed by atoms with Crippen LogP contribution in [0.2, 0.25) is 0 Å². The number of hydrogen-bond donors (Lipinski definition) is 0. The van der Waals surface area contributed by atoms with E-state index in [0.29, 0.717) is 23.4 Å². The monoisotopic (exact) mass is 833 g/mol. The van der Waals surface area contributed by atoms with Crippen LogP contribution in [0, 0.1) is 11.8 Å². The van der Waals surface area contributed by atoms with Gasteiger partial charge in [0.25, 0.3) is 0 Å². The molecule has 0 saturated heterocycles. The molecule has 2 bridgehead atoms. The molecule has 8 aromatic carbocycles. The number of fused-ring (bicyclic) bond motifs is 3. The van der Waals surface area contributed by atoms with Crippen LogP contribution in [-0.2, 0) is 9.98 Å². The fourth-order valence-electron chi connectivity index (χ4n) is 10.7. The Bertz CT molecular complexity index is 3160. The van der Waals surface area contributed by atoms with Crippen molar-refractivity contribution in [2.24, 2.45) is 11.8 Å². The van der Waals surface area contributed by atoms with Crippen LogP contribution in [0.5, 0.6) is 0 Å². The van der Waals surface area contributed by atoms with E-state index in [1.165, 1.54) is 47.1 Å². The first kappa shape index (κ1) is 39.1. The molecule has 3 atom stereocenters. The third-order valence-corrected chi connectivity index (χ3v) is 15.4. The summed E-state index contributed by atoms with van der Waals surface area (Å²) >= 11 is 0. The van der Waals surface area contributed by atoms with Crippen molar-refractivity contribution in [1.82, 2.24) is 15.0 Å². The predicted molar refractivity (Wildman–Crippen MR) is 262 cm³/mol. The van der Waals surface area contributed by atoms with Gasteiger partial charge in [0.15, 0.2) is 17.5 Å². The second-order valence-corrected chi connectivity index (χ2v) is 21.1. The van der Waals surface area contributed by atoms with E-state index in [-0.39, 0.29) is 5.41 Å². The highest BCUT2D eigenvalue weighted by molar-refractivity contribution is 7.70. The van der Waals surface area contributed by atoms with Crippen LogP contribution in [0.3, 0.4) is 0 Å². The highest BCUT2D eigenvalue weighted by Gasteiger charge is 2.52. The summed E-state index contributed by atoms with van der Waals surface area (Å²) in [7, 11) is -2.44. The maximum Gasteiger partial charge on any atom is 0.164 e. The maximum absolute atomic E-state index is 13.2. The number of aromatic nitrogens is 3. The maximum atomic E-state index is 13.2. The largest absolute Gasteiger partial charge is 0.319 e. The topological polar surface area (TPSA) is 55.7 Å². The van der Waals surface area contributed by atoms with Gasteiger partial charge < -0.3 is 4.57 Å². The van der Waals surface area contributed by atoms with Gasteiger partial charge in [-0.05, 0) is 106 Å². The highest BCUT2D eigenvalue weighted by Crippen LogP contribution is 2.60. The van der Waals surface area contributed by atoms with Gasteiger partial charge in [0.05, 0.1) is 0 Å². The molecule has 0 spiro atoms. The lowest BCUT2D eigenvalue weighted by Crippen LogP contribution is -2.34. The third kappa shape index (κ3) is 7.23. The minimum atomic E-state index is -2.44. The fraction of sp³-hybridized carbons (Fsp3) is 0.155. The highest BCUT2D eigenvalue weighted by atomic mass is 31.2. The summed E-state index contributed by atoms with van der Waals surface area (Å²) in [6.07, 6.45) is 5.00. The first-order chi connectivity index (χ1) is 30.8. The summed E-state index contributed by atoms with van der Waals surface area (Å²) in [4.78, 5) is 15.5. The van der Waals surface area contributed by atoms with Crippen LogP contribution in [0.25, 0.3) is 78.3 Å². The summed E-state index contributed by atoms with van der Waals surface area (Å²) in [5.41, 5.74) is 12.5. The third-order valence-electron chi connectivity index (χ3n) is 13.8. The molecule has 1 heterocycles. The van der Waals surface area contributed by atoms with Gasteiger partial charge in [-0.3, -0.25) is 0 Å². The van der Waals surface area contributed by atoms with E-state index in [1.807, 2.05) is 31.5 Å². The lowest BCUT2D eigenvalue weighted by atomic mass is 9.64. The number of benzene rings is 8. The zero-order valence-electron chi connectivity index (χ0n) is 35.7. The van der Waals surface area contributed by atoms with E-state index < -0.39 is 7.14 Å². The van der Waals surface area contributed by atoms with Crippen molar-refractivity contribution in [3.8, 4) is 67.5 Å². The summed E-state index contributed by atoms with van der Waals surface area (Å²) in [6.45, 7) is 3.72. The molecule has 63 heavy (non-hydrogen) atoms. The zero-order valence-corrected chi connectivity index (χ0v) is 36.5. The summed E-state index contributed by atoms with van der Waals surface area (Å²) in [5, 5.41) is 3.17. The van der Waals surface area contributed by atoms with Crippen LogP contribution < -0.4 is 5.30 Å². The lowest BCUT2D eigenvalue weighted by Gasteiger charge is -2.39. The molecule has 2 aliphatic rings. The molecule has 306 valence electrons. The fourth-order valence-corrected chi connectivity index (χ4v) is 12.0. The van der Waals surface area contributed by atoms with E-state index in [4.69, 9.17) is 15.0 Å². The molecule has 0 N–H and O–H groups in total. The van der Waals surface area contributed by atoms with Gasteiger partial charge in [-0.25, -0.2) is 15.0 Å². The van der Waals surface area contributed by atoms with Crippen LogP contribution in [-0.4, -0.2) is 28.3 Å². The molecule has 2 saturated carbocycles. The van der Waals surface area contributed by atoms with Crippen LogP contribution >= 0.6 is 7.14 Å². The normalized spacial score (nSPS) is 18.2. The van der Waals surface area contributed by atoms with Crippen molar-refractivity contribution in [3.63, 3.8) is 0 Å². The molecular weight excluding hydrogens is 786 g/mol. The Morgan fingerprint density at radius 1 is 0.444 bits per heavy atom. The molecule has 0 aliphatic heterocycles. The van der Waals surface area contributed by atoms with Gasteiger partial charge in [0, 0.05) is 27.4 Å². The smallest absolute Gasteiger partial charge is 0.164 e. The molecule has 0 amide bonds. The standard InChI is InChI=1S/C58H48N3OP/c1-63(2,62)54-35-34-51(52-18-9-10-19-53(52)54)43-25-30-48(31-26-43)58(38-39-20-29-50(58)36-39)49-32-27-45(28-33-49)56-59-55(44-23-21-42(22-24-44)40-12-5-3-6-13-40)60-57(61-56)47-17-11-16-46(37-47)41-14-7-4-8-15-41/h3-19,21-28,30-35,37,39,50H,20,29,36,38H2,1-2H3. The van der Waals surface area contributed by atoms with Crippen molar-refractivity contribution < 1.29 is 4.57 Å². The Hall–Kier alpha value is -6.74. The average molecular weight is 834 g/mol. The second kappa shape index (κ2) is 15.9. The molecule has 2 fully saturated rings. The van der Waals surface area contributed by atoms with E-state index in [9.17, 15) is 4.57 Å². The Balaban J connectivity index is 0.970. The van der Waals surface area contributed by atoms with Gasteiger partial charge in [0.1, 0.15) is 7.14 Å². The van der Waals surface area contributed by atoms with Crippen molar-refractivity contribution in [2.75, 3.05) is 13.3 Å². The van der Waals surface area contributed by atoms with Crippen molar-refractivity contribution in [2.45, 2.75) is 31.1 Å². The summed E-state index contributed by atoms with van der Waals surface area (Å²) < 4.78 is 13.2. The van der Waals surface area contributed by atoms with Crippen LogP contribution in [0.1, 0.15) is 36.8 Å². The molecule has 3 unspecified atom stereocenters. The second-order valence-electron chi connectivity index (χ2n) is 17.9. The SMILES string of the molecule is CP(C)(=O)c1ccc(-c2ccc(C3(c4ccc(-c5nc(-c6ccc(-c7ccccc7)cc6)nc(-c6cccc(-c7ccccc7)c6)n5)cc4)CC4CCC3C4)cc2)c2ccccc12. The number of rotatable bonds is 9. The molecule has 11 rings (SSSR count). The van der Waals surface area contributed by atoms with Gasteiger partial charge in [-0.15, -0.1) is 0 Å². The van der Waals surface area contributed by atoms with E-state index >= 15 is 0 Å². The molecule has 2 aliphatic carbocycles. The molecule has 1 aromatic heterocycles. The molecule has 0 radical (unpaired) electrons. The molecular formula is C58H48N3OP. The molecule has 5 heteroatoms. The van der Waals surface area contributed by atoms with Crippen molar-refractivity contribution in [1.29, 1.82) is 0 Å². The van der Waals surface area contributed by atoms with Gasteiger partial charge in [-0.1, -0.05) is 194 Å². The predicted octanol–water partition coefficient (Wildman–Crippen LogP) is 14.4. The average Bonchev–Trinajstić information content (AvgIpc) is 3.97. The Kier molecular flexibility index (Phi) is 9.86. The molecule has 4 nitrogen and oxygen atoms in total. The Labute approximate surface area is 370 Å². The first-order valence-corrected chi connectivity index (χ1v) is 24.8. The lowest BCUT2D eigenvalue weighted by molar-refractivity contribution is 0.320. The van der Waals surface area contributed by atoms with Gasteiger partial charge >= 0.3 is 0 Å². The number of hydrogen-bond acceptors (Lipinski definition) is 4. The van der Waals surface area contributed by atoms with Crippen LogP contribution in [0.15, 0.2) is 194 Å². The van der Waals surface area contributed by atoms with E-state index in [0.717, 1.165) is 61.8 Å². The summed E-state index contributed by atoms with van der Waals surface area (Å²) in [6, 6.07) is 69.1. The van der Waals surface area contributed by atoms with Crippen molar-refractivity contribution in [3.05, 3.63) is 205 Å². The summed E-state index contributed by atoms with van der Waals surface area (Å²) in [5.74, 6) is 3.28. The minimum Gasteiger partial charge on any atom is -0.319 e. The minimum absolute atomic E-state index is 0.0588. The molecule has 9 aromatic rings. The zero-order chi connectivity index (χ0) is 42.5. The van der Waals surface area contributed by atoms with Gasteiger partial charge in [0.2, 0.25) is 0 Å².